The first kappa shape index (κ1) is 12.4. The van der Waals surface area contributed by atoms with Crippen LogP contribution >= 0.6 is 0 Å². The zero-order valence-electron chi connectivity index (χ0n) is 9.92. The van der Waals surface area contributed by atoms with Gasteiger partial charge in [0.1, 0.15) is 0 Å². The maximum absolute atomic E-state index is 11.5. The molecule has 2 rings (SSSR count). The zero-order valence-corrected chi connectivity index (χ0v) is 9.92. The van der Waals surface area contributed by atoms with Crippen LogP contribution in [0.3, 0.4) is 0 Å². The Kier molecular flexibility index (Phi) is 3.50. The number of rotatable bonds is 4. The van der Waals surface area contributed by atoms with Crippen molar-refractivity contribution in [1.29, 1.82) is 0 Å². The van der Waals surface area contributed by atoms with Crippen molar-refractivity contribution < 1.29 is 19.1 Å². The molecule has 18 heavy (non-hydrogen) atoms. The minimum atomic E-state index is -0.588. The molecule has 2 heterocycles. The normalized spacial score (nSPS) is 19.6. The summed E-state index contributed by atoms with van der Waals surface area (Å²) in [5.41, 5.74) is 0. The van der Waals surface area contributed by atoms with Gasteiger partial charge in [0.2, 0.25) is 0 Å². The molecule has 7 heteroatoms. The molecule has 0 spiro atoms. The fraction of sp³-hybridized carbons (Fsp3) is 0.545. The highest BCUT2D eigenvalue weighted by atomic mass is 16.6. The first-order valence-corrected chi connectivity index (χ1v) is 5.72. The Bertz CT molecular complexity index is 374. The van der Waals surface area contributed by atoms with Crippen LogP contribution < -0.4 is 5.32 Å². The number of ether oxygens (including phenoxy) is 1. The lowest BCUT2D eigenvalue weighted by Crippen LogP contribution is -2.57. The van der Waals surface area contributed by atoms with Crippen molar-refractivity contribution in [3.05, 3.63) is 12.7 Å². The van der Waals surface area contributed by atoms with Gasteiger partial charge in [0, 0.05) is 32.1 Å². The highest BCUT2D eigenvalue weighted by Gasteiger charge is 2.38. The first-order chi connectivity index (χ1) is 8.61. The molecular formula is C11H15N3O4. The van der Waals surface area contributed by atoms with Crippen LogP contribution in [-0.2, 0) is 9.53 Å². The smallest absolute Gasteiger partial charge is 0.417 e. The average molecular weight is 253 g/mol. The summed E-state index contributed by atoms with van der Waals surface area (Å²) in [7, 11) is 0. The van der Waals surface area contributed by atoms with Crippen molar-refractivity contribution in [2.45, 2.75) is 0 Å². The summed E-state index contributed by atoms with van der Waals surface area (Å²) in [6, 6.07) is -0.151. The zero-order chi connectivity index (χ0) is 13.1. The molecule has 1 N–H and O–H groups in total. The Hall–Kier alpha value is -2.05. The van der Waals surface area contributed by atoms with Gasteiger partial charge in [-0.2, -0.15) is 0 Å². The average Bonchev–Trinajstić information content (AvgIpc) is 2.60. The topological polar surface area (TPSA) is 79.0 Å². The quantitative estimate of drug-likeness (QED) is 0.703. The number of hydrogen-bond donors (Lipinski definition) is 1. The van der Waals surface area contributed by atoms with E-state index in [4.69, 9.17) is 0 Å². The number of carbonyl (C=O) groups excluding carboxylic acids is 3. The number of carbonyl (C=O) groups is 3. The SMILES string of the molecule is C=CCNC(=O)N1CC(CN2C(=O)COC2=O)C1. The van der Waals surface area contributed by atoms with Gasteiger partial charge in [-0.25, -0.2) is 14.5 Å². The fourth-order valence-corrected chi connectivity index (χ4v) is 1.94. The van der Waals surface area contributed by atoms with Gasteiger partial charge in [-0.1, -0.05) is 6.08 Å². The van der Waals surface area contributed by atoms with Gasteiger partial charge >= 0.3 is 12.1 Å². The number of hydrogen-bond acceptors (Lipinski definition) is 4. The molecule has 7 nitrogen and oxygen atoms in total. The molecule has 2 fully saturated rings. The predicted octanol–water partition coefficient (Wildman–Crippen LogP) is -0.207. The maximum atomic E-state index is 11.5. The number of imide groups is 1. The van der Waals surface area contributed by atoms with E-state index in [0.717, 1.165) is 4.90 Å². The molecule has 2 saturated heterocycles. The molecule has 4 amide bonds. The fourth-order valence-electron chi connectivity index (χ4n) is 1.94. The molecule has 0 aromatic rings. The third-order valence-electron chi connectivity index (χ3n) is 2.92. The molecule has 0 bridgehead atoms. The minimum absolute atomic E-state index is 0.133. The molecule has 2 aliphatic heterocycles. The van der Waals surface area contributed by atoms with Crippen LogP contribution in [0, 0.1) is 5.92 Å². The Morgan fingerprint density at radius 1 is 1.50 bits per heavy atom. The van der Waals surface area contributed by atoms with Gasteiger partial charge in [0.25, 0.3) is 5.91 Å². The summed E-state index contributed by atoms with van der Waals surface area (Å²) in [6.45, 7) is 5.17. The molecule has 0 radical (unpaired) electrons. The van der Waals surface area contributed by atoms with E-state index in [2.05, 4.69) is 16.6 Å². The number of nitrogens with zero attached hydrogens (tertiary/aromatic N) is 2. The van der Waals surface area contributed by atoms with E-state index in [1.165, 1.54) is 0 Å². The van der Waals surface area contributed by atoms with Crippen LogP contribution in [0.5, 0.6) is 0 Å². The van der Waals surface area contributed by atoms with Crippen LogP contribution in [-0.4, -0.2) is 60.6 Å². The first-order valence-electron chi connectivity index (χ1n) is 5.72. The largest absolute Gasteiger partial charge is 0.439 e. The number of likely N-dealkylation sites (tertiary alicyclic amines) is 1. The lowest BCUT2D eigenvalue weighted by atomic mass is 10.0. The van der Waals surface area contributed by atoms with Crippen LogP contribution in [0.2, 0.25) is 0 Å². The Balaban J connectivity index is 1.73. The van der Waals surface area contributed by atoms with E-state index in [9.17, 15) is 14.4 Å². The number of amides is 4. The van der Waals surface area contributed by atoms with Gasteiger partial charge in [0.05, 0.1) is 0 Å². The van der Waals surface area contributed by atoms with Crippen LogP contribution in [0.4, 0.5) is 9.59 Å². The molecular weight excluding hydrogens is 238 g/mol. The van der Waals surface area contributed by atoms with Gasteiger partial charge < -0.3 is 15.0 Å². The van der Waals surface area contributed by atoms with Crippen molar-refractivity contribution in [1.82, 2.24) is 15.1 Å². The van der Waals surface area contributed by atoms with Gasteiger partial charge in [-0.05, 0) is 0 Å². The van der Waals surface area contributed by atoms with E-state index in [1.54, 1.807) is 11.0 Å². The number of cyclic esters (lactones) is 1. The summed E-state index contributed by atoms with van der Waals surface area (Å²) < 4.78 is 4.61. The van der Waals surface area contributed by atoms with Crippen molar-refractivity contribution in [3.63, 3.8) is 0 Å². The lowest BCUT2D eigenvalue weighted by Gasteiger charge is -2.39. The van der Waals surface area contributed by atoms with Crippen molar-refractivity contribution >= 4 is 18.0 Å². The van der Waals surface area contributed by atoms with E-state index in [1.807, 2.05) is 0 Å². The van der Waals surface area contributed by atoms with Gasteiger partial charge in [-0.15, -0.1) is 6.58 Å². The minimum Gasteiger partial charge on any atom is -0.439 e. The number of urea groups is 1. The Morgan fingerprint density at radius 2 is 2.22 bits per heavy atom. The highest BCUT2D eigenvalue weighted by Crippen LogP contribution is 2.19. The second kappa shape index (κ2) is 5.07. The monoisotopic (exact) mass is 253 g/mol. The molecule has 0 aliphatic carbocycles. The van der Waals surface area contributed by atoms with Crippen LogP contribution in [0.1, 0.15) is 0 Å². The molecule has 2 aliphatic rings. The second-order valence-electron chi connectivity index (χ2n) is 4.30. The van der Waals surface area contributed by atoms with E-state index >= 15 is 0 Å². The Morgan fingerprint density at radius 3 is 2.78 bits per heavy atom. The van der Waals surface area contributed by atoms with E-state index < -0.39 is 6.09 Å². The van der Waals surface area contributed by atoms with Crippen molar-refractivity contribution in [2.75, 3.05) is 32.8 Å². The summed E-state index contributed by atoms with van der Waals surface area (Å²) in [5, 5.41) is 2.66. The van der Waals surface area contributed by atoms with Gasteiger partial charge in [0.15, 0.2) is 6.61 Å². The Labute approximate surface area is 104 Å². The molecule has 0 atom stereocenters. The molecule has 0 aromatic heterocycles. The van der Waals surface area contributed by atoms with Gasteiger partial charge in [-0.3, -0.25) is 4.79 Å². The van der Waals surface area contributed by atoms with E-state index in [-0.39, 0.29) is 24.5 Å². The molecule has 0 saturated carbocycles. The summed E-state index contributed by atoms with van der Waals surface area (Å²) in [5.74, 6) is -0.177. The summed E-state index contributed by atoms with van der Waals surface area (Å²) in [6.07, 6.45) is 1.02. The number of nitrogens with one attached hydrogen (secondary N) is 1. The second-order valence-corrected chi connectivity index (χ2v) is 4.30. The van der Waals surface area contributed by atoms with E-state index in [0.29, 0.717) is 26.2 Å². The van der Waals surface area contributed by atoms with Crippen LogP contribution in [0.15, 0.2) is 12.7 Å². The summed E-state index contributed by atoms with van der Waals surface area (Å²) >= 11 is 0. The van der Waals surface area contributed by atoms with Crippen molar-refractivity contribution in [2.24, 2.45) is 5.92 Å². The highest BCUT2D eigenvalue weighted by molar-refractivity contribution is 5.97. The third-order valence-corrected chi connectivity index (χ3v) is 2.92. The molecule has 0 unspecified atom stereocenters. The molecule has 98 valence electrons. The molecule has 0 aromatic carbocycles. The van der Waals surface area contributed by atoms with Crippen LogP contribution in [0.25, 0.3) is 0 Å². The lowest BCUT2D eigenvalue weighted by molar-refractivity contribution is -0.126. The van der Waals surface area contributed by atoms with Crippen molar-refractivity contribution in [3.8, 4) is 0 Å². The third kappa shape index (κ3) is 2.44. The predicted molar refractivity (Wildman–Crippen MR) is 61.7 cm³/mol. The standard InChI is InChI=1S/C11H15N3O4/c1-2-3-12-10(16)13-4-8(5-13)6-14-9(15)7-18-11(14)17/h2,8H,1,3-7H2,(H,12,16). The summed E-state index contributed by atoms with van der Waals surface area (Å²) in [4.78, 5) is 36.7. The maximum Gasteiger partial charge on any atom is 0.417 e.